The lowest BCUT2D eigenvalue weighted by Gasteiger charge is -2.36. The predicted molar refractivity (Wildman–Crippen MR) is 153 cm³/mol. The van der Waals surface area contributed by atoms with Crippen molar-refractivity contribution < 1.29 is 19.1 Å². The molecule has 0 unspecified atom stereocenters. The van der Waals surface area contributed by atoms with Gasteiger partial charge in [0.15, 0.2) is 6.73 Å². The van der Waals surface area contributed by atoms with Gasteiger partial charge >= 0.3 is 5.97 Å². The molecule has 38 heavy (non-hydrogen) atoms. The molecule has 2 aliphatic heterocycles. The number of halogens is 2. The van der Waals surface area contributed by atoms with Crippen LogP contribution in [0, 0.1) is 5.41 Å². The van der Waals surface area contributed by atoms with Crippen LogP contribution in [0.4, 0.5) is 11.4 Å². The van der Waals surface area contributed by atoms with Crippen LogP contribution in [0.1, 0.15) is 45.6 Å². The van der Waals surface area contributed by atoms with E-state index in [4.69, 9.17) is 32.7 Å². The average molecular weight is 563 g/mol. The summed E-state index contributed by atoms with van der Waals surface area (Å²) in [6, 6.07) is 11.6. The van der Waals surface area contributed by atoms with Gasteiger partial charge in [0.25, 0.3) is 0 Å². The van der Waals surface area contributed by atoms with Gasteiger partial charge in [-0.25, -0.2) is 0 Å². The molecule has 7 nitrogen and oxygen atoms in total. The highest BCUT2D eigenvalue weighted by molar-refractivity contribution is 6.43. The van der Waals surface area contributed by atoms with Crippen LogP contribution in [0.25, 0.3) is 0 Å². The smallest absolute Gasteiger partial charge is 0.312 e. The summed E-state index contributed by atoms with van der Waals surface area (Å²) in [6.45, 7) is 10.7. The highest BCUT2D eigenvalue weighted by Crippen LogP contribution is 2.33. The fraction of sp³-hybridized carbons (Fsp3) is 0.517. The van der Waals surface area contributed by atoms with Crippen LogP contribution in [0.3, 0.4) is 0 Å². The van der Waals surface area contributed by atoms with E-state index in [1.165, 1.54) is 0 Å². The van der Waals surface area contributed by atoms with Crippen LogP contribution in [0.2, 0.25) is 10.0 Å². The maximum atomic E-state index is 12.6. The number of hydrogen-bond donors (Lipinski definition) is 0. The van der Waals surface area contributed by atoms with Crippen LogP contribution in [-0.4, -0.2) is 62.8 Å². The number of unbranched alkanes of at least 4 members (excludes halogenated alkanes) is 1. The Bertz CT molecular complexity index is 1140. The minimum absolute atomic E-state index is 0.0471. The number of fused-ring (bicyclic) bond motifs is 1. The summed E-state index contributed by atoms with van der Waals surface area (Å²) in [5, 5.41) is 1.22. The van der Waals surface area contributed by atoms with E-state index in [-0.39, 0.29) is 18.6 Å². The van der Waals surface area contributed by atoms with Gasteiger partial charge in [0.05, 0.1) is 33.4 Å². The first-order valence-electron chi connectivity index (χ1n) is 13.3. The number of nitrogens with zero attached hydrogens (tertiary/aromatic N) is 3. The number of esters is 1. The Labute approximate surface area is 235 Å². The summed E-state index contributed by atoms with van der Waals surface area (Å²) >= 11 is 12.6. The molecule has 2 heterocycles. The molecule has 2 aromatic rings. The molecule has 4 rings (SSSR count). The van der Waals surface area contributed by atoms with Crippen molar-refractivity contribution >= 4 is 46.5 Å². The molecule has 0 aromatic heterocycles. The van der Waals surface area contributed by atoms with Crippen molar-refractivity contribution in [1.29, 1.82) is 0 Å². The molecule has 9 heteroatoms. The number of anilines is 2. The zero-order valence-corrected chi connectivity index (χ0v) is 24.0. The molecule has 0 aliphatic carbocycles. The number of benzene rings is 2. The van der Waals surface area contributed by atoms with Crippen LogP contribution in [-0.2, 0) is 20.7 Å². The maximum Gasteiger partial charge on any atom is 0.312 e. The number of carbonyl (C=O) groups excluding carboxylic acids is 2. The number of aryl methyl sites for hydroxylation is 1. The van der Waals surface area contributed by atoms with E-state index in [0.717, 1.165) is 68.3 Å². The predicted octanol–water partition coefficient (Wildman–Crippen LogP) is 5.80. The average Bonchev–Trinajstić information content (AvgIpc) is 2.89. The van der Waals surface area contributed by atoms with Crippen molar-refractivity contribution in [1.82, 2.24) is 4.90 Å². The summed E-state index contributed by atoms with van der Waals surface area (Å²) < 4.78 is 11.5. The number of ether oxygens (including phenoxy) is 2. The molecule has 206 valence electrons. The zero-order valence-electron chi connectivity index (χ0n) is 22.5. The molecule has 1 saturated heterocycles. The fourth-order valence-electron chi connectivity index (χ4n) is 4.66. The quantitative estimate of drug-likeness (QED) is 0.285. The molecule has 0 spiro atoms. The Morgan fingerprint density at radius 3 is 2.47 bits per heavy atom. The highest BCUT2D eigenvalue weighted by atomic mass is 35.5. The van der Waals surface area contributed by atoms with E-state index in [1.807, 2.05) is 36.4 Å². The van der Waals surface area contributed by atoms with Gasteiger partial charge in [0, 0.05) is 38.7 Å². The van der Waals surface area contributed by atoms with Crippen molar-refractivity contribution in [2.45, 2.75) is 46.5 Å². The first-order valence-corrected chi connectivity index (χ1v) is 14.0. The van der Waals surface area contributed by atoms with E-state index in [2.05, 4.69) is 9.80 Å². The van der Waals surface area contributed by atoms with Crippen molar-refractivity contribution in [3.63, 3.8) is 0 Å². The first-order chi connectivity index (χ1) is 18.1. The Kier molecular flexibility index (Phi) is 9.45. The summed E-state index contributed by atoms with van der Waals surface area (Å²) in [5.74, 6) is 0.339. The minimum atomic E-state index is -0.621. The first kappa shape index (κ1) is 28.5. The number of rotatable bonds is 9. The van der Waals surface area contributed by atoms with E-state index < -0.39 is 5.41 Å². The number of piperazine rings is 1. The molecule has 0 atom stereocenters. The molecule has 0 radical (unpaired) electrons. The van der Waals surface area contributed by atoms with Crippen LogP contribution in [0.15, 0.2) is 36.4 Å². The van der Waals surface area contributed by atoms with Gasteiger partial charge in [-0.05, 0) is 70.3 Å². The normalized spacial score (nSPS) is 16.4. The van der Waals surface area contributed by atoms with Gasteiger partial charge in [-0.3, -0.25) is 19.4 Å². The van der Waals surface area contributed by atoms with Gasteiger partial charge < -0.3 is 14.4 Å². The molecule has 2 aromatic carbocycles. The number of hydrogen-bond acceptors (Lipinski definition) is 6. The van der Waals surface area contributed by atoms with Crippen molar-refractivity contribution in [3.05, 3.63) is 52.0 Å². The third-order valence-electron chi connectivity index (χ3n) is 6.98. The van der Waals surface area contributed by atoms with Crippen molar-refractivity contribution in [2.24, 2.45) is 5.41 Å². The lowest BCUT2D eigenvalue weighted by atomic mass is 9.97. The van der Waals surface area contributed by atoms with Gasteiger partial charge in [-0.1, -0.05) is 35.3 Å². The molecular weight excluding hydrogens is 525 g/mol. The Morgan fingerprint density at radius 1 is 0.974 bits per heavy atom. The second-order valence-corrected chi connectivity index (χ2v) is 11.7. The summed E-state index contributed by atoms with van der Waals surface area (Å²) in [6.07, 6.45) is 3.05. The van der Waals surface area contributed by atoms with E-state index >= 15 is 0 Å². The Balaban J connectivity index is 1.21. The largest absolute Gasteiger partial charge is 0.494 e. The van der Waals surface area contributed by atoms with Crippen LogP contribution < -0.4 is 14.5 Å². The minimum Gasteiger partial charge on any atom is -0.494 e. The molecular formula is C29H37Cl2N3O4. The van der Waals surface area contributed by atoms with Crippen molar-refractivity contribution in [3.8, 4) is 5.75 Å². The second-order valence-electron chi connectivity index (χ2n) is 10.9. The summed E-state index contributed by atoms with van der Waals surface area (Å²) in [4.78, 5) is 31.1. The van der Waals surface area contributed by atoms with Crippen LogP contribution >= 0.6 is 23.2 Å². The van der Waals surface area contributed by atoms with E-state index in [0.29, 0.717) is 29.5 Å². The second kappa shape index (κ2) is 12.6. The Hall–Kier alpha value is -2.48. The highest BCUT2D eigenvalue weighted by Gasteiger charge is 2.29. The third kappa shape index (κ3) is 7.13. The van der Waals surface area contributed by atoms with Gasteiger partial charge in [0.1, 0.15) is 5.75 Å². The number of amides is 1. The monoisotopic (exact) mass is 561 g/mol. The molecule has 1 amide bonds. The van der Waals surface area contributed by atoms with Crippen molar-refractivity contribution in [2.75, 3.05) is 55.9 Å². The standard InChI is InChI=1S/C29H37Cl2N3O4/c1-29(2,3)28(36)38-20-34-25-19-22(11-9-21(25)10-12-26(34)35)37-18-5-4-13-32-14-16-33(17-15-32)24-8-6-7-23(30)27(24)31/h6-9,11,19H,4-5,10,12-18,20H2,1-3H3. The zero-order chi connectivity index (χ0) is 27.3. The SMILES string of the molecule is CC(C)(C)C(=O)OCN1C(=O)CCc2ccc(OCCCCN3CCN(c4cccc(Cl)c4Cl)CC3)cc21. The van der Waals surface area contributed by atoms with Gasteiger partial charge in [0.2, 0.25) is 5.91 Å². The topological polar surface area (TPSA) is 62.3 Å². The molecule has 0 N–H and O–H groups in total. The van der Waals surface area contributed by atoms with Crippen LogP contribution in [0.5, 0.6) is 5.75 Å². The number of carbonyl (C=O) groups is 2. The van der Waals surface area contributed by atoms with E-state index in [9.17, 15) is 9.59 Å². The lowest BCUT2D eigenvalue weighted by Crippen LogP contribution is -2.46. The summed E-state index contributed by atoms with van der Waals surface area (Å²) in [7, 11) is 0. The summed E-state index contributed by atoms with van der Waals surface area (Å²) in [5.41, 5.74) is 2.20. The van der Waals surface area contributed by atoms with Gasteiger partial charge in [-0.2, -0.15) is 0 Å². The molecule has 0 saturated carbocycles. The third-order valence-corrected chi connectivity index (χ3v) is 7.78. The fourth-order valence-corrected chi connectivity index (χ4v) is 5.08. The molecule has 2 aliphatic rings. The molecule has 0 bridgehead atoms. The van der Waals surface area contributed by atoms with E-state index in [1.54, 1.807) is 25.7 Å². The molecule has 1 fully saturated rings. The Morgan fingerprint density at radius 2 is 1.74 bits per heavy atom. The lowest BCUT2D eigenvalue weighted by molar-refractivity contribution is -0.153. The maximum absolute atomic E-state index is 12.6. The van der Waals surface area contributed by atoms with Gasteiger partial charge in [-0.15, -0.1) is 0 Å².